The summed E-state index contributed by atoms with van der Waals surface area (Å²) in [6.07, 6.45) is -6.86. The molecule has 0 fully saturated rings. The smallest absolute Gasteiger partial charge is 0.309 e. The van der Waals surface area contributed by atoms with Gasteiger partial charge in [0.15, 0.2) is 5.82 Å². The Bertz CT molecular complexity index is 1670. The summed E-state index contributed by atoms with van der Waals surface area (Å²) in [5.41, 5.74) is 4.21. The van der Waals surface area contributed by atoms with Crippen LogP contribution in [-0.2, 0) is 17.8 Å². The molecule has 0 atom stereocenters. The monoisotopic (exact) mass is 529 g/mol. The second-order valence-corrected chi connectivity index (χ2v) is 9.09. The molecule has 196 valence electrons. The Morgan fingerprint density at radius 1 is 0.763 bits per heavy atom. The van der Waals surface area contributed by atoms with E-state index >= 15 is 0 Å². The van der Waals surface area contributed by atoms with Crippen molar-refractivity contribution in [1.82, 2.24) is 24.5 Å². The van der Waals surface area contributed by atoms with Crippen LogP contribution < -0.4 is 0 Å². The topological polar surface area (TPSA) is 56.5 Å². The van der Waals surface area contributed by atoms with E-state index < -0.39 is 29.8 Å². The van der Waals surface area contributed by atoms with E-state index in [1.54, 1.807) is 18.5 Å². The minimum atomic E-state index is -5.17. The van der Waals surface area contributed by atoms with E-state index in [-0.39, 0.29) is 11.0 Å². The second kappa shape index (κ2) is 8.50. The Kier molecular flexibility index (Phi) is 5.73. The molecule has 2 aromatic carbocycles. The van der Waals surface area contributed by atoms with E-state index in [1.165, 1.54) is 12.1 Å². The fourth-order valence-corrected chi connectivity index (χ4v) is 4.93. The standard InChI is InChI=1S/C25H15F6N5.C2H6/c1-23(2)15-5-3-4-13-14-10-12(20-33-21(24(26,27)28)35-22(34-20)25(29,30)31)6-7-17(14)36(19(13)15)18-8-9-32-11-16(18)23;1-2/h3-11H,1-2H3;1-2H3. The van der Waals surface area contributed by atoms with E-state index in [4.69, 9.17) is 0 Å². The average molecular weight is 529 g/mol. The predicted octanol–water partition coefficient (Wildman–Crippen LogP) is 7.73. The van der Waals surface area contributed by atoms with Gasteiger partial charge in [0.1, 0.15) is 0 Å². The van der Waals surface area contributed by atoms with Gasteiger partial charge in [-0.1, -0.05) is 45.9 Å². The summed E-state index contributed by atoms with van der Waals surface area (Å²) in [5, 5.41) is 1.45. The minimum Gasteiger partial charge on any atom is -0.309 e. The lowest BCUT2D eigenvalue weighted by Gasteiger charge is -2.34. The number of halogens is 6. The minimum absolute atomic E-state index is 0.0128. The van der Waals surface area contributed by atoms with Crippen LogP contribution in [0.5, 0.6) is 0 Å². The Morgan fingerprint density at radius 2 is 1.42 bits per heavy atom. The van der Waals surface area contributed by atoms with Crippen molar-refractivity contribution in [3.63, 3.8) is 0 Å². The highest BCUT2D eigenvalue weighted by molar-refractivity contribution is 6.12. The number of hydrogen-bond acceptors (Lipinski definition) is 4. The van der Waals surface area contributed by atoms with Crippen molar-refractivity contribution in [3.8, 4) is 17.1 Å². The van der Waals surface area contributed by atoms with Crippen LogP contribution in [-0.4, -0.2) is 24.5 Å². The molecule has 0 aliphatic carbocycles. The molecule has 1 aliphatic rings. The van der Waals surface area contributed by atoms with Gasteiger partial charge >= 0.3 is 12.4 Å². The lowest BCUT2D eigenvalue weighted by Crippen LogP contribution is -2.26. The quantitative estimate of drug-likeness (QED) is 0.209. The molecule has 4 heterocycles. The third-order valence-corrected chi connectivity index (χ3v) is 6.57. The van der Waals surface area contributed by atoms with Crippen LogP contribution in [0.3, 0.4) is 0 Å². The summed E-state index contributed by atoms with van der Waals surface area (Å²) in [6, 6.07) is 12.2. The molecule has 0 saturated heterocycles. The van der Waals surface area contributed by atoms with Gasteiger partial charge < -0.3 is 4.57 Å². The highest BCUT2D eigenvalue weighted by atomic mass is 19.4. The number of alkyl halides is 6. The van der Waals surface area contributed by atoms with E-state index in [1.807, 2.05) is 42.7 Å². The Morgan fingerprint density at radius 3 is 2.05 bits per heavy atom. The molecule has 6 rings (SSSR count). The Hall–Kier alpha value is -4.02. The maximum Gasteiger partial charge on any atom is 0.451 e. The number of aromatic nitrogens is 5. The first kappa shape index (κ1) is 25.6. The molecule has 38 heavy (non-hydrogen) atoms. The van der Waals surface area contributed by atoms with Gasteiger partial charge in [-0.2, -0.15) is 26.3 Å². The summed E-state index contributed by atoms with van der Waals surface area (Å²) in [7, 11) is 0. The molecule has 11 heteroatoms. The van der Waals surface area contributed by atoms with Gasteiger partial charge in [-0.05, 0) is 29.8 Å². The van der Waals surface area contributed by atoms with Crippen LogP contribution in [0.25, 0.3) is 38.9 Å². The fourth-order valence-electron chi connectivity index (χ4n) is 4.93. The van der Waals surface area contributed by atoms with Crippen molar-refractivity contribution in [2.75, 3.05) is 0 Å². The molecule has 1 aliphatic heterocycles. The zero-order chi connectivity index (χ0) is 27.6. The van der Waals surface area contributed by atoms with E-state index in [0.717, 1.165) is 33.2 Å². The van der Waals surface area contributed by atoms with Gasteiger partial charge in [0.25, 0.3) is 0 Å². The molecule has 0 saturated carbocycles. The third-order valence-electron chi connectivity index (χ3n) is 6.57. The van der Waals surface area contributed by atoms with Gasteiger partial charge in [-0.15, -0.1) is 0 Å². The number of fused-ring (bicyclic) bond motifs is 5. The van der Waals surface area contributed by atoms with Crippen molar-refractivity contribution in [1.29, 1.82) is 0 Å². The molecule has 0 radical (unpaired) electrons. The molecule has 5 nitrogen and oxygen atoms in total. The number of para-hydroxylation sites is 1. The summed E-state index contributed by atoms with van der Waals surface area (Å²) in [4.78, 5) is 13.6. The lowest BCUT2D eigenvalue weighted by molar-refractivity contribution is -0.155. The number of hydrogen-bond donors (Lipinski definition) is 0. The van der Waals surface area contributed by atoms with Gasteiger partial charge in [-0.25, -0.2) is 15.0 Å². The van der Waals surface area contributed by atoms with Crippen molar-refractivity contribution < 1.29 is 26.3 Å². The largest absolute Gasteiger partial charge is 0.451 e. The number of rotatable bonds is 1. The van der Waals surface area contributed by atoms with Gasteiger partial charge in [-0.3, -0.25) is 4.98 Å². The van der Waals surface area contributed by atoms with Crippen LogP contribution in [0.4, 0.5) is 26.3 Å². The van der Waals surface area contributed by atoms with Crippen LogP contribution >= 0.6 is 0 Å². The molecular formula is C27H21F6N5. The second-order valence-electron chi connectivity index (χ2n) is 9.09. The molecule has 0 unspecified atom stereocenters. The van der Waals surface area contributed by atoms with Gasteiger partial charge in [0.2, 0.25) is 11.6 Å². The number of nitrogens with zero attached hydrogens (tertiary/aromatic N) is 5. The van der Waals surface area contributed by atoms with Gasteiger partial charge in [0, 0.05) is 39.7 Å². The van der Waals surface area contributed by atoms with Crippen molar-refractivity contribution in [2.45, 2.75) is 45.5 Å². The maximum absolute atomic E-state index is 13.3. The van der Waals surface area contributed by atoms with Crippen molar-refractivity contribution in [3.05, 3.63) is 77.6 Å². The van der Waals surface area contributed by atoms with Crippen LogP contribution in [0.1, 0.15) is 50.5 Å². The average Bonchev–Trinajstić information content (AvgIpc) is 3.22. The zero-order valence-electron chi connectivity index (χ0n) is 20.7. The normalized spacial score (nSPS) is 14.3. The van der Waals surface area contributed by atoms with Gasteiger partial charge in [0.05, 0.1) is 16.7 Å². The molecule has 0 N–H and O–H groups in total. The van der Waals surface area contributed by atoms with E-state index in [2.05, 4.69) is 33.8 Å². The summed E-state index contributed by atoms with van der Waals surface area (Å²) < 4.78 is 81.8. The molecule has 0 amide bonds. The summed E-state index contributed by atoms with van der Waals surface area (Å²) in [6.45, 7) is 8.16. The molecule has 3 aromatic heterocycles. The van der Waals surface area contributed by atoms with Crippen molar-refractivity contribution >= 4 is 21.8 Å². The predicted molar refractivity (Wildman–Crippen MR) is 131 cm³/mol. The molecule has 5 aromatic rings. The van der Waals surface area contributed by atoms with Crippen LogP contribution in [0, 0.1) is 0 Å². The van der Waals surface area contributed by atoms with E-state index in [9.17, 15) is 26.3 Å². The maximum atomic E-state index is 13.3. The zero-order valence-corrected chi connectivity index (χ0v) is 20.7. The fraction of sp³-hybridized carbons (Fsp3) is 0.259. The molecule has 0 bridgehead atoms. The first-order valence-electron chi connectivity index (χ1n) is 11.8. The van der Waals surface area contributed by atoms with E-state index in [0.29, 0.717) is 5.39 Å². The first-order valence-corrected chi connectivity index (χ1v) is 11.8. The molecular weight excluding hydrogens is 508 g/mol. The first-order chi connectivity index (χ1) is 17.9. The molecule has 0 spiro atoms. The third kappa shape index (κ3) is 3.79. The number of pyridine rings is 1. The SMILES string of the molecule is CC.CC1(C)c2cnccc2-n2c3ccc(-c4nc(C(F)(F)F)nc(C(F)(F)F)n4)cc3c3cccc1c32. The number of benzene rings is 2. The Labute approximate surface area is 213 Å². The van der Waals surface area contributed by atoms with Crippen LogP contribution in [0.15, 0.2) is 54.9 Å². The van der Waals surface area contributed by atoms with Crippen molar-refractivity contribution in [2.24, 2.45) is 0 Å². The highest BCUT2D eigenvalue weighted by Crippen LogP contribution is 2.47. The highest BCUT2D eigenvalue weighted by Gasteiger charge is 2.42. The van der Waals surface area contributed by atoms with Crippen LogP contribution in [0.2, 0.25) is 0 Å². The summed E-state index contributed by atoms with van der Waals surface area (Å²) >= 11 is 0. The summed E-state index contributed by atoms with van der Waals surface area (Å²) in [5.74, 6) is -4.50. The Balaban J connectivity index is 0.00000144. The lowest BCUT2D eigenvalue weighted by atomic mass is 9.75.